The first kappa shape index (κ1) is 7.49. The van der Waals surface area contributed by atoms with Gasteiger partial charge in [-0.25, -0.2) is 4.68 Å². The highest BCUT2D eigenvalue weighted by molar-refractivity contribution is 9.10. The smallest absolute Gasteiger partial charge is 0.234 e. The molecule has 0 bridgehead atoms. The molecule has 0 saturated carbocycles. The molecular formula is C8H5BrN2O. The number of rotatable bonds is 1. The number of aromatic nitrogens is 2. The SMILES string of the molecule is O=Cn1ncc2cc(Br)ccc21. The molecule has 12 heavy (non-hydrogen) atoms. The monoisotopic (exact) mass is 224 g/mol. The van der Waals surface area contributed by atoms with Crippen LogP contribution in [-0.2, 0) is 4.79 Å². The summed E-state index contributed by atoms with van der Waals surface area (Å²) in [6.45, 7) is 0. The summed E-state index contributed by atoms with van der Waals surface area (Å²) in [5, 5.41) is 4.84. The van der Waals surface area contributed by atoms with Crippen molar-refractivity contribution in [2.75, 3.05) is 0 Å². The van der Waals surface area contributed by atoms with Gasteiger partial charge >= 0.3 is 0 Å². The summed E-state index contributed by atoms with van der Waals surface area (Å²) >= 11 is 3.34. The Bertz CT molecular complexity index is 436. The Hall–Kier alpha value is -1.16. The van der Waals surface area contributed by atoms with Crippen molar-refractivity contribution >= 4 is 33.2 Å². The van der Waals surface area contributed by atoms with Gasteiger partial charge in [-0.05, 0) is 18.2 Å². The molecule has 0 amide bonds. The molecule has 1 heterocycles. The van der Waals surface area contributed by atoms with Crippen LogP contribution >= 0.6 is 15.9 Å². The molecular weight excluding hydrogens is 220 g/mol. The molecule has 3 nitrogen and oxygen atoms in total. The number of benzene rings is 1. The van der Waals surface area contributed by atoms with Crippen LogP contribution in [0.5, 0.6) is 0 Å². The van der Waals surface area contributed by atoms with Crippen LogP contribution < -0.4 is 0 Å². The second-order valence-electron chi connectivity index (χ2n) is 2.40. The van der Waals surface area contributed by atoms with Crippen molar-refractivity contribution in [3.05, 3.63) is 28.9 Å². The number of nitrogens with zero attached hydrogens (tertiary/aromatic N) is 2. The molecule has 1 aromatic heterocycles. The van der Waals surface area contributed by atoms with Gasteiger partial charge in [-0.1, -0.05) is 15.9 Å². The minimum absolute atomic E-state index is 0.691. The minimum Gasteiger partial charge on any atom is -0.276 e. The van der Waals surface area contributed by atoms with Crippen molar-refractivity contribution in [1.82, 2.24) is 9.78 Å². The van der Waals surface area contributed by atoms with Crippen LogP contribution in [0, 0.1) is 0 Å². The van der Waals surface area contributed by atoms with Crippen LogP contribution in [0.2, 0.25) is 0 Å². The van der Waals surface area contributed by atoms with Crippen molar-refractivity contribution < 1.29 is 4.79 Å². The minimum atomic E-state index is 0.691. The van der Waals surface area contributed by atoms with Crippen LogP contribution in [0.15, 0.2) is 28.9 Å². The fourth-order valence-electron chi connectivity index (χ4n) is 1.11. The van der Waals surface area contributed by atoms with E-state index in [1.807, 2.05) is 18.2 Å². The normalized spacial score (nSPS) is 10.4. The molecule has 0 aliphatic carbocycles. The lowest BCUT2D eigenvalue weighted by atomic mass is 10.3. The summed E-state index contributed by atoms with van der Waals surface area (Å²) in [4.78, 5) is 10.5. The predicted molar refractivity (Wildman–Crippen MR) is 49.6 cm³/mol. The molecule has 0 spiro atoms. The molecule has 1 aromatic carbocycles. The number of carbonyl (C=O) groups excluding carboxylic acids is 1. The maximum absolute atomic E-state index is 10.5. The van der Waals surface area contributed by atoms with Crippen molar-refractivity contribution in [1.29, 1.82) is 0 Å². The Morgan fingerprint density at radius 1 is 1.50 bits per heavy atom. The molecule has 4 heteroatoms. The van der Waals surface area contributed by atoms with E-state index in [0.29, 0.717) is 6.41 Å². The van der Waals surface area contributed by atoms with E-state index < -0.39 is 0 Å². The molecule has 2 aromatic rings. The third kappa shape index (κ3) is 1.04. The summed E-state index contributed by atoms with van der Waals surface area (Å²) < 4.78 is 2.29. The van der Waals surface area contributed by atoms with E-state index in [0.717, 1.165) is 15.4 Å². The average molecular weight is 225 g/mol. The molecule has 0 unspecified atom stereocenters. The number of hydrogen-bond donors (Lipinski definition) is 0. The van der Waals surface area contributed by atoms with Crippen molar-refractivity contribution in [3.8, 4) is 0 Å². The molecule has 0 N–H and O–H groups in total. The average Bonchev–Trinajstić information content (AvgIpc) is 2.46. The fraction of sp³-hybridized carbons (Fsp3) is 0. The van der Waals surface area contributed by atoms with Crippen LogP contribution in [0.25, 0.3) is 10.9 Å². The molecule has 60 valence electrons. The zero-order chi connectivity index (χ0) is 8.55. The number of carbonyl (C=O) groups is 1. The number of halogens is 1. The highest BCUT2D eigenvalue weighted by Crippen LogP contribution is 2.18. The standard InChI is InChI=1S/C8H5BrN2O/c9-7-1-2-8-6(3-7)4-10-11(8)5-12/h1-5H. The zero-order valence-electron chi connectivity index (χ0n) is 6.07. The van der Waals surface area contributed by atoms with Gasteiger partial charge in [-0.2, -0.15) is 5.10 Å². The Kier molecular flexibility index (Phi) is 1.69. The lowest BCUT2D eigenvalue weighted by Crippen LogP contribution is -1.94. The van der Waals surface area contributed by atoms with E-state index in [-0.39, 0.29) is 0 Å². The topological polar surface area (TPSA) is 34.9 Å². The van der Waals surface area contributed by atoms with Gasteiger partial charge in [0.25, 0.3) is 0 Å². The number of hydrogen-bond acceptors (Lipinski definition) is 2. The summed E-state index contributed by atoms with van der Waals surface area (Å²) in [6, 6.07) is 5.65. The van der Waals surface area contributed by atoms with E-state index in [4.69, 9.17) is 0 Å². The van der Waals surface area contributed by atoms with Gasteiger partial charge in [-0.15, -0.1) is 0 Å². The molecule has 0 radical (unpaired) electrons. The van der Waals surface area contributed by atoms with E-state index in [1.165, 1.54) is 4.68 Å². The maximum atomic E-state index is 10.5. The lowest BCUT2D eigenvalue weighted by Gasteiger charge is -1.92. The molecule has 2 rings (SSSR count). The molecule has 0 atom stereocenters. The number of fused-ring (bicyclic) bond motifs is 1. The molecule has 0 saturated heterocycles. The quantitative estimate of drug-likeness (QED) is 0.694. The van der Waals surface area contributed by atoms with Crippen LogP contribution in [0.1, 0.15) is 0 Å². The summed E-state index contributed by atoms with van der Waals surface area (Å²) in [5.41, 5.74) is 0.827. The largest absolute Gasteiger partial charge is 0.276 e. The van der Waals surface area contributed by atoms with Crippen LogP contribution in [-0.4, -0.2) is 16.2 Å². The maximum Gasteiger partial charge on any atom is 0.234 e. The third-order valence-corrected chi connectivity index (χ3v) is 2.15. The molecule has 0 fully saturated rings. The zero-order valence-corrected chi connectivity index (χ0v) is 7.65. The molecule has 0 aliphatic rings. The Morgan fingerprint density at radius 2 is 2.33 bits per heavy atom. The van der Waals surface area contributed by atoms with Crippen molar-refractivity contribution in [2.24, 2.45) is 0 Å². The second-order valence-corrected chi connectivity index (χ2v) is 3.31. The first-order valence-electron chi connectivity index (χ1n) is 3.39. The lowest BCUT2D eigenvalue weighted by molar-refractivity contribution is 0.542. The second kappa shape index (κ2) is 2.71. The highest BCUT2D eigenvalue weighted by atomic mass is 79.9. The predicted octanol–water partition coefficient (Wildman–Crippen LogP) is 1.84. The van der Waals surface area contributed by atoms with E-state index in [9.17, 15) is 4.79 Å². The van der Waals surface area contributed by atoms with E-state index in [1.54, 1.807) is 6.20 Å². The van der Waals surface area contributed by atoms with Gasteiger partial charge in [0.15, 0.2) is 0 Å². The first-order chi connectivity index (χ1) is 5.81. The molecule has 0 aliphatic heterocycles. The summed E-state index contributed by atoms with van der Waals surface area (Å²) in [6.07, 6.45) is 2.35. The summed E-state index contributed by atoms with van der Waals surface area (Å²) in [7, 11) is 0. The van der Waals surface area contributed by atoms with Crippen LogP contribution in [0.4, 0.5) is 0 Å². The van der Waals surface area contributed by atoms with Gasteiger partial charge in [-0.3, -0.25) is 4.79 Å². The van der Waals surface area contributed by atoms with E-state index in [2.05, 4.69) is 21.0 Å². The first-order valence-corrected chi connectivity index (χ1v) is 4.18. The Balaban J connectivity index is 2.81. The highest BCUT2D eigenvalue weighted by Gasteiger charge is 2.00. The van der Waals surface area contributed by atoms with Crippen LogP contribution in [0.3, 0.4) is 0 Å². The van der Waals surface area contributed by atoms with Gasteiger partial charge in [0.1, 0.15) is 0 Å². The van der Waals surface area contributed by atoms with Crippen molar-refractivity contribution in [3.63, 3.8) is 0 Å². The van der Waals surface area contributed by atoms with Gasteiger partial charge in [0.05, 0.1) is 11.7 Å². The van der Waals surface area contributed by atoms with E-state index >= 15 is 0 Å². The summed E-state index contributed by atoms with van der Waals surface area (Å²) in [5.74, 6) is 0. The van der Waals surface area contributed by atoms with Gasteiger partial charge in [0, 0.05) is 9.86 Å². The van der Waals surface area contributed by atoms with Crippen molar-refractivity contribution in [2.45, 2.75) is 0 Å². The third-order valence-electron chi connectivity index (χ3n) is 1.66. The fourth-order valence-corrected chi connectivity index (χ4v) is 1.49. The Labute approximate surface area is 77.1 Å². The van der Waals surface area contributed by atoms with Gasteiger partial charge in [0.2, 0.25) is 6.41 Å². The van der Waals surface area contributed by atoms with Gasteiger partial charge < -0.3 is 0 Å². The Morgan fingerprint density at radius 3 is 3.08 bits per heavy atom.